The SMILES string of the molecule is N#Cc1ccc(C(=O)N2CCC(Oc3ccccc3C(=O)NCC(=O)c3ccccc3)CC2)cc1. The maximum absolute atomic E-state index is 12.8. The van der Waals surface area contributed by atoms with Crippen LogP contribution in [0, 0.1) is 11.3 Å². The third-order valence-corrected chi connectivity index (χ3v) is 5.92. The number of ketones is 1. The molecule has 2 amide bonds. The summed E-state index contributed by atoms with van der Waals surface area (Å²) in [7, 11) is 0. The van der Waals surface area contributed by atoms with Gasteiger partial charge in [0.05, 0.1) is 23.7 Å². The van der Waals surface area contributed by atoms with E-state index in [1.54, 1.807) is 77.7 Å². The first kappa shape index (κ1) is 23.7. The molecule has 1 aliphatic rings. The van der Waals surface area contributed by atoms with E-state index in [1.807, 2.05) is 12.1 Å². The Kier molecular flexibility index (Phi) is 7.53. The van der Waals surface area contributed by atoms with Crippen LogP contribution in [0.4, 0.5) is 0 Å². The molecule has 1 saturated heterocycles. The Bertz CT molecular complexity index is 1240. The third kappa shape index (κ3) is 5.92. The minimum atomic E-state index is -0.377. The van der Waals surface area contributed by atoms with Crippen molar-refractivity contribution >= 4 is 17.6 Å². The van der Waals surface area contributed by atoms with Gasteiger partial charge in [0.2, 0.25) is 0 Å². The van der Waals surface area contributed by atoms with Crippen molar-refractivity contribution in [1.29, 1.82) is 5.26 Å². The summed E-state index contributed by atoms with van der Waals surface area (Å²) in [6.07, 6.45) is 1.12. The Morgan fingerprint density at radius 2 is 1.54 bits per heavy atom. The van der Waals surface area contributed by atoms with Crippen molar-refractivity contribution in [3.8, 4) is 11.8 Å². The normalized spacial score (nSPS) is 13.5. The molecule has 1 fully saturated rings. The first-order valence-corrected chi connectivity index (χ1v) is 11.5. The fourth-order valence-electron chi connectivity index (χ4n) is 3.97. The average Bonchev–Trinajstić information content (AvgIpc) is 2.92. The van der Waals surface area contributed by atoms with E-state index in [0.29, 0.717) is 53.9 Å². The number of nitriles is 1. The van der Waals surface area contributed by atoms with Gasteiger partial charge in [-0.05, 0) is 36.4 Å². The number of piperidine rings is 1. The van der Waals surface area contributed by atoms with E-state index in [0.717, 1.165) is 0 Å². The van der Waals surface area contributed by atoms with Gasteiger partial charge in [-0.1, -0.05) is 42.5 Å². The highest BCUT2D eigenvalue weighted by Gasteiger charge is 2.26. The molecule has 0 atom stereocenters. The van der Waals surface area contributed by atoms with Crippen LogP contribution < -0.4 is 10.1 Å². The third-order valence-electron chi connectivity index (χ3n) is 5.92. The van der Waals surface area contributed by atoms with Crippen LogP contribution in [0.25, 0.3) is 0 Å². The van der Waals surface area contributed by atoms with Crippen molar-refractivity contribution in [3.63, 3.8) is 0 Å². The standard InChI is InChI=1S/C28H25N3O4/c29-18-20-10-12-22(13-11-20)28(34)31-16-14-23(15-17-31)35-26-9-5-4-8-24(26)27(33)30-19-25(32)21-6-2-1-3-7-21/h1-13,23H,14-17,19H2,(H,30,33). The van der Waals surface area contributed by atoms with Crippen LogP contribution in [-0.2, 0) is 0 Å². The molecule has 7 nitrogen and oxygen atoms in total. The minimum absolute atomic E-state index is 0.0733. The largest absolute Gasteiger partial charge is 0.489 e. The first-order valence-electron chi connectivity index (χ1n) is 11.5. The molecule has 0 spiro atoms. The number of benzene rings is 3. The number of Topliss-reactive ketones (excluding diaryl/α,β-unsaturated/α-hetero) is 1. The van der Waals surface area contributed by atoms with Gasteiger partial charge in [0.1, 0.15) is 11.9 Å². The van der Waals surface area contributed by atoms with Gasteiger partial charge < -0.3 is 15.0 Å². The molecule has 0 unspecified atom stereocenters. The number of hydrogen-bond acceptors (Lipinski definition) is 5. The Hall–Kier alpha value is -4.44. The summed E-state index contributed by atoms with van der Waals surface area (Å²) in [4.78, 5) is 39.6. The summed E-state index contributed by atoms with van der Waals surface area (Å²) in [5, 5.41) is 11.6. The molecule has 0 saturated carbocycles. The number of carbonyl (C=O) groups excluding carboxylic acids is 3. The Morgan fingerprint density at radius 1 is 0.886 bits per heavy atom. The molecule has 0 radical (unpaired) electrons. The van der Waals surface area contributed by atoms with Gasteiger partial charge >= 0.3 is 0 Å². The van der Waals surface area contributed by atoms with Crippen LogP contribution in [0.15, 0.2) is 78.9 Å². The van der Waals surface area contributed by atoms with E-state index in [9.17, 15) is 14.4 Å². The van der Waals surface area contributed by atoms with Gasteiger partial charge in [0.25, 0.3) is 11.8 Å². The number of amides is 2. The molecule has 0 aromatic heterocycles. The lowest BCUT2D eigenvalue weighted by Gasteiger charge is -2.32. The Balaban J connectivity index is 1.32. The van der Waals surface area contributed by atoms with Crippen molar-refractivity contribution in [2.75, 3.05) is 19.6 Å². The summed E-state index contributed by atoms with van der Waals surface area (Å²) >= 11 is 0. The van der Waals surface area contributed by atoms with E-state index in [2.05, 4.69) is 5.32 Å². The summed E-state index contributed by atoms with van der Waals surface area (Å²) in [5.41, 5.74) is 1.97. The van der Waals surface area contributed by atoms with Crippen LogP contribution in [0.3, 0.4) is 0 Å². The van der Waals surface area contributed by atoms with Crippen molar-refractivity contribution in [2.24, 2.45) is 0 Å². The maximum Gasteiger partial charge on any atom is 0.255 e. The smallest absolute Gasteiger partial charge is 0.255 e. The fraction of sp³-hybridized carbons (Fsp3) is 0.214. The molecule has 4 rings (SSSR count). The second-order valence-electron chi connectivity index (χ2n) is 8.27. The average molecular weight is 468 g/mol. The van der Waals surface area contributed by atoms with E-state index in [1.165, 1.54) is 0 Å². The fourth-order valence-corrected chi connectivity index (χ4v) is 3.97. The van der Waals surface area contributed by atoms with E-state index >= 15 is 0 Å². The lowest BCUT2D eigenvalue weighted by molar-refractivity contribution is 0.0593. The summed E-state index contributed by atoms with van der Waals surface area (Å²) in [5.74, 6) is -0.167. The minimum Gasteiger partial charge on any atom is -0.489 e. The molecule has 1 N–H and O–H groups in total. The second kappa shape index (κ2) is 11.1. The van der Waals surface area contributed by atoms with Gasteiger partial charge in [-0.15, -0.1) is 0 Å². The van der Waals surface area contributed by atoms with Gasteiger partial charge in [-0.25, -0.2) is 0 Å². The summed E-state index contributed by atoms with van der Waals surface area (Å²) in [6.45, 7) is 0.958. The maximum atomic E-state index is 12.8. The number of ether oxygens (including phenoxy) is 1. The van der Waals surface area contributed by atoms with E-state index < -0.39 is 0 Å². The van der Waals surface area contributed by atoms with E-state index in [4.69, 9.17) is 10.00 Å². The number of nitrogens with zero attached hydrogens (tertiary/aromatic N) is 2. The number of nitrogens with one attached hydrogen (secondary N) is 1. The number of rotatable bonds is 7. The number of likely N-dealkylation sites (tertiary alicyclic amines) is 1. The molecule has 35 heavy (non-hydrogen) atoms. The first-order chi connectivity index (χ1) is 17.0. The molecular formula is C28H25N3O4. The van der Waals surface area contributed by atoms with Crippen LogP contribution in [0.1, 0.15) is 49.5 Å². The Morgan fingerprint density at radius 3 is 2.23 bits per heavy atom. The molecule has 1 aliphatic heterocycles. The van der Waals surface area contributed by atoms with Gasteiger partial charge in [0, 0.05) is 37.1 Å². The van der Waals surface area contributed by atoms with Crippen LogP contribution in [0.2, 0.25) is 0 Å². The van der Waals surface area contributed by atoms with Crippen molar-refractivity contribution in [2.45, 2.75) is 18.9 Å². The predicted molar refractivity (Wildman–Crippen MR) is 130 cm³/mol. The van der Waals surface area contributed by atoms with Crippen molar-refractivity contribution < 1.29 is 19.1 Å². The number of carbonyl (C=O) groups is 3. The highest BCUT2D eigenvalue weighted by atomic mass is 16.5. The number of para-hydroxylation sites is 1. The van der Waals surface area contributed by atoms with Crippen LogP contribution >= 0.6 is 0 Å². The quantitative estimate of drug-likeness (QED) is 0.532. The zero-order valence-electron chi connectivity index (χ0n) is 19.1. The molecule has 3 aromatic carbocycles. The highest BCUT2D eigenvalue weighted by Crippen LogP contribution is 2.24. The lowest BCUT2D eigenvalue weighted by atomic mass is 10.1. The topological polar surface area (TPSA) is 99.5 Å². The van der Waals surface area contributed by atoms with Crippen molar-refractivity contribution in [1.82, 2.24) is 10.2 Å². The van der Waals surface area contributed by atoms with Crippen LogP contribution in [0.5, 0.6) is 5.75 Å². The zero-order chi connectivity index (χ0) is 24.6. The van der Waals surface area contributed by atoms with Crippen molar-refractivity contribution in [3.05, 3.63) is 101 Å². The zero-order valence-corrected chi connectivity index (χ0v) is 19.1. The summed E-state index contributed by atoms with van der Waals surface area (Å²) in [6, 6.07) is 24.4. The van der Waals surface area contributed by atoms with E-state index in [-0.39, 0.29) is 30.2 Å². The summed E-state index contributed by atoms with van der Waals surface area (Å²) < 4.78 is 6.14. The van der Waals surface area contributed by atoms with Gasteiger partial charge in [0.15, 0.2) is 5.78 Å². The molecular weight excluding hydrogens is 442 g/mol. The second-order valence-corrected chi connectivity index (χ2v) is 8.27. The Labute approximate surface area is 203 Å². The monoisotopic (exact) mass is 467 g/mol. The molecule has 0 aliphatic carbocycles. The molecule has 1 heterocycles. The van der Waals surface area contributed by atoms with Gasteiger partial charge in [-0.3, -0.25) is 14.4 Å². The highest BCUT2D eigenvalue weighted by molar-refractivity contribution is 6.03. The predicted octanol–water partition coefficient (Wildman–Crippen LogP) is 3.85. The van der Waals surface area contributed by atoms with Gasteiger partial charge in [-0.2, -0.15) is 5.26 Å². The lowest BCUT2D eigenvalue weighted by Crippen LogP contribution is -2.42. The molecule has 7 heteroatoms. The van der Waals surface area contributed by atoms with Crippen LogP contribution in [-0.4, -0.2) is 48.2 Å². The molecule has 3 aromatic rings. The molecule has 176 valence electrons. The number of hydrogen-bond donors (Lipinski definition) is 1. The molecule has 0 bridgehead atoms.